The molecule has 146 valence electrons. The van der Waals surface area contributed by atoms with Crippen molar-refractivity contribution in [2.24, 2.45) is 10.4 Å². The number of carbonyl (C=O) groups is 1. The predicted molar refractivity (Wildman–Crippen MR) is 115 cm³/mol. The summed E-state index contributed by atoms with van der Waals surface area (Å²) in [6.07, 6.45) is 3.32. The molecule has 0 bridgehead atoms. The molecule has 6 nitrogen and oxygen atoms in total. The van der Waals surface area contributed by atoms with Crippen LogP contribution in [-0.2, 0) is 9.53 Å². The number of ether oxygens (including phenoxy) is 1. The summed E-state index contributed by atoms with van der Waals surface area (Å²) in [4.78, 5) is 17.8. The Kier molecular flexibility index (Phi) is 10.6. The minimum Gasteiger partial charge on any atom is -0.381 e. The lowest BCUT2D eigenvalue weighted by atomic mass is 9.58. The van der Waals surface area contributed by atoms with E-state index < -0.39 is 0 Å². The molecule has 0 heterocycles. The summed E-state index contributed by atoms with van der Waals surface area (Å²) in [6, 6.07) is 0.295. The molecule has 7 heteroatoms. The molecule has 1 aliphatic carbocycles. The van der Waals surface area contributed by atoms with E-state index in [9.17, 15) is 4.79 Å². The number of hydrogen-bond acceptors (Lipinski definition) is 3. The molecule has 0 aliphatic heterocycles. The Bertz CT molecular complexity index is 476. The molecule has 1 amide bonds. The molecule has 0 aromatic rings. The average molecular weight is 466 g/mol. The Hall–Kier alpha value is -0.830. The third-order valence-electron chi connectivity index (χ3n) is 5.13. The van der Waals surface area contributed by atoms with Gasteiger partial charge in [-0.25, -0.2) is 4.99 Å². The van der Waals surface area contributed by atoms with E-state index in [4.69, 9.17) is 4.74 Å². The van der Waals surface area contributed by atoms with Gasteiger partial charge in [0.2, 0.25) is 5.91 Å². The first kappa shape index (κ1) is 24.2. The second-order valence-corrected chi connectivity index (χ2v) is 6.86. The second-order valence-electron chi connectivity index (χ2n) is 6.86. The number of methoxy groups -OCH3 is 1. The van der Waals surface area contributed by atoms with Crippen molar-refractivity contribution in [3.8, 4) is 0 Å². The van der Waals surface area contributed by atoms with Gasteiger partial charge in [0.1, 0.15) is 6.54 Å². The molecule has 0 aromatic heterocycles. The molecule has 1 saturated carbocycles. The van der Waals surface area contributed by atoms with Crippen LogP contribution >= 0.6 is 24.0 Å². The summed E-state index contributed by atoms with van der Waals surface area (Å²) in [6.45, 7) is 11.0. The fraction of sp³-hybridized carbons (Fsp3) is 0.778. The number of guanidine groups is 1. The first-order valence-corrected chi connectivity index (χ1v) is 8.72. The Morgan fingerprint density at radius 1 is 1.36 bits per heavy atom. The van der Waals surface area contributed by atoms with Gasteiger partial charge in [-0.2, -0.15) is 0 Å². The molecule has 1 rings (SSSR count). The molecular formula is C18H35IN4O2. The summed E-state index contributed by atoms with van der Waals surface area (Å²) in [5.74, 6) is 0.645. The fourth-order valence-electron chi connectivity index (χ4n) is 3.32. The van der Waals surface area contributed by atoms with E-state index in [1.165, 1.54) is 0 Å². The number of likely N-dealkylation sites (N-methyl/N-ethyl adjacent to an activating group) is 1. The topological polar surface area (TPSA) is 66.0 Å². The van der Waals surface area contributed by atoms with Crippen molar-refractivity contribution in [2.45, 2.75) is 52.2 Å². The largest absolute Gasteiger partial charge is 0.381 e. The highest BCUT2D eigenvalue weighted by Gasteiger charge is 2.53. The molecule has 1 aliphatic rings. The minimum atomic E-state index is -0.0213. The Labute approximate surface area is 169 Å². The van der Waals surface area contributed by atoms with E-state index in [2.05, 4.69) is 36.1 Å². The van der Waals surface area contributed by atoms with Crippen LogP contribution in [0.2, 0.25) is 0 Å². The molecule has 0 radical (unpaired) electrons. The normalized spacial score (nSPS) is 21.6. The zero-order valence-electron chi connectivity index (χ0n) is 16.5. The molecule has 25 heavy (non-hydrogen) atoms. The van der Waals surface area contributed by atoms with Crippen molar-refractivity contribution in [1.29, 1.82) is 0 Å². The third-order valence-corrected chi connectivity index (χ3v) is 5.13. The minimum absolute atomic E-state index is 0. The van der Waals surface area contributed by atoms with Crippen LogP contribution in [0.3, 0.4) is 0 Å². The summed E-state index contributed by atoms with van der Waals surface area (Å²) in [7, 11) is 5.26. The number of nitrogens with one attached hydrogen (secondary N) is 2. The lowest BCUT2D eigenvalue weighted by Crippen LogP contribution is -2.65. The number of rotatable bonds is 8. The predicted octanol–water partition coefficient (Wildman–Crippen LogP) is 2.40. The SMILES string of the molecule is C=C(C)CNC(=NCC(=O)N(C)C)NC1CC(OC)C1(CC)CC.I. The van der Waals surface area contributed by atoms with Crippen LogP contribution in [-0.4, -0.2) is 63.2 Å². The van der Waals surface area contributed by atoms with E-state index >= 15 is 0 Å². The molecule has 0 spiro atoms. The first-order chi connectivity index (χ1) is 11.3. The number of carbonyl (C=O) groups excluding carboxylic acids is 1. The number of nitrogens with zero attached hydrogens (tertiary/aromatic N) is 2. The van der Waals surface area contributed by atoms with Crippen molar-refractivity contribution in [1.82, 2.24) is 15.5 Å². The van der Waals surface area contributed by atoms with Gasteiger partial charge in [-0.15, -0.1) is 24.0 Å². The third kappa shape index (κ3) is 6.13. The highest BCUT2D eigenvalue weighted by Crippen LogP contribution is 2.48. The maximum absolute atomic E-state index is 11.8. The van der Waals surface area contributed by atoms with Crippen molar-refractivity contribution >= 4 is 35.8 Å². The van der Waals surface area contributed by atoms with Gasteiger partial charge in [-0.3, -0.25) is 4.79 Å². The zero-order chi connectivity index (χ0) is 18.3. The van der Waals surface area contributed by atoms with Gasteiger partial charge in [0.25, 0.3) is 0 Å². The molecule has 0 aromatic carbocycles. The van der Waals surface area contributed by atoms with Gasteiger partial charge in [-0.1, -0.05) is 26.0 Å². The summed E-state index contributed by atoms with van der Waals surface area (Å²) in [5.41, 5.74) is 1.13. The van der Waals surface area contributed by atoms with Crippen LogP contribution in [0.15, 0.2) is 17.1 Å². The van der Waals surface area contributed by atoms with E-state index in [1.54, 1.807) is 26.1 Å². The van der Waals surface area contributed by atoms with Crippen LogP contribution in [0, 0.1) is 5.41 Å². The lowest BCUT2D eigenvalue weighted by molar-refractivity contribution is -0.127. The smallest absolute Gasteiger partial charge is 0.243 e. The maximum atomic E-state index is 11.8. The highest BCUT2D eigenvalue weighted by atomic mass is 127. The number of hydrogen-bond donors (Lipinski definition) is 2. The standard InChI is InChI=1S/C18H34N4O2.HI/c1-8-18(9-2)14(10-15(18)24-7)21-17(19-11-13(3)4)20-12-16(23)22(5)6;/h14-15H,3,8-12H2,1-2,4-7H3,(H2,19,20,21);1H. The van der Waals surface area contributed by atoms with Crippen LogP contribution in [0.1, 0.15) is 40.0 Å². The van der Waals surface area contributed by atoms with E-state index in [-0.39, 0.29) is 47.9 Å². The monoisotopic (exact) mass is 466 g/mol. The van der Waals surface area contributed by atoms with Gasteiger partial charge in [0, 0.05) is 39.2 Å². The Morgan fingerprint density at radius 3 is 2.40 bits per heavy atom. The highest BCUT2D eigenvalue weighted by molar-refractivity contribution is 14.0. The Balaban J connectivity index is 0.00000576. The summed E-state index contributed by atoms with van der Waals surface area (Å²) in [5, 5.41) is 6.77. The van der Waals surface area contributed by atoms with Crippen LogP contribution in [0.4, 0.5) is 0 Å². The number of amides is 1. The maximum Gasteiger partial charge on any atom is 0.243 e. The van der Waals surface area contributed by atoms with Gasteiger partial charge in [-0.05, 0) is 26.2 Å². The number of aliphatic imine (C=N–C) groups is 1. The fourth-order valence-corrected chi connectivity index (χ4v) is 3.32. The van der Waals surface area contributed by atoms with Crippen molar-refractivity contribution in [2.75, 3.05) is 34.3 Å². The molecule has 1 fully saturated rings. The Morgan fingerprint density at radius 2 is 1.96 bits per heavy atom. The quantitative estimate of drug-likeness (QED) is 0.250. The molecule has 2 unspecified atom stereocenters. The van der Waals surface area contributed by atoms with Gasteiger partial charge < -0.3 is 20.3 Å². The van der Waals surface area contributed by atoms with Crippen molar-refractivity contribution in [3.63, 3.8) is 0 Å². The summed E-state index contributed by atoms with van der Waals surface area (Å²) >= 11 is 0. The second kappa shape index (κ2) is 11.0. The van der Waals surface area contributed by atoms with E-state index in [0.717, 1.165) is 24.8 Å². The number of halogens is 1. The van der Waals surface area contributed by atoms with Crippen molar-refractivity contribution in [3.05, 3.63) is 12.2 Å². The van der Waals surface area contributed by atoms with Gasteiger partial charge in [0.05, 0.1) is 6.10 Å². The van der Waals surface area contributed by atoms with E-state index in [1.807, 2.05) is 6.92 Å². The van der Waals surface area contributed by atoms with Crippen LogP contribution in [0.25, 0.3) is 0 Å². The summed E-state index contributed by atoms with van der Waals surface area (Å²) < 4.78 is 5.65. The average Bonchev–Trinajstić information content (AvgIpc) is 2.53. The van der Waals surface area contributed by atoms with Gasteiger partial charge >= 0.3 is 0 Å². The van der Waals surface area contributed by atoms with Crippen LogP contribution < -0.4 is 10.6 Å². The zero-order valence-corrected chi connectivity index (χ0v) is 18.8. The van der Waals surface area contributed by atoms with Crippen molar-refractivity contribution < 1.29 is 9.53 Å². The lowest BCUT2D eigenvalue weighted by Gasteiger charge is -2.55. The van der Waals surface area contributed by atoms with E-state index in [0.29, 0.717) is 18.5 Å². The first-order valence-electron chi connectivity index (χ1n) is 8.72. The van der Waals surface area contributed by atoms with Crippen LogP contribution in [0.5, 0.6) is 0 Å². The van der Waals surface area contributed by atoms with Gasteiger partial charge in [0.15, 0.2) is 5.96 Å². The molecule has 0 saturated heterocycles. The molecular weight excluding hydrogens is 431 g/mol. The molecule has 2 atom stereocenters. The molecule has 2 N–H and O–H groups in total.